The Morgan fingerprint density at radius 2 is 1.35 bits per heavy atom. The fourth-order valence-corrected chi connectivity index (χ4v) is 6.15. The van der Waals surface area contributed by atoms with Crippen molar-refractivity contribution in [1.82, 2.24) is 19.4 Å². The van der Waals surface area contributed by atoms with Crippen LogP contribution in [0.15, 0.2) is 89.7 Å². The maximum Gasteiger partial charge on any atom is 0.416 e. The second-order valence-electron chi connectivity index (χ2n) is 13.5. The molecule has 1 aromatic heterocycles. The van der Waals surface area contributed by atoms with Crippen molar-refractivity contribution >= 4 is 28.7 Å². The average Bonchev–Trinajstić information content (AvgIpc) is 3.22. The molecule has 1 heterocycles. The fraction of sp³-hybridized carbons (Fsp3) is 0.310. The molecule has 0 spiro atoms. The Labute approximate surface area is 339 Å². The third-order valence-corrected chi connectivity index (χ3v) is 9.56. The number of carbonyl (C=O) groups is 3. The number of carboxylic acid groups (broad SMARTS) is 2. The molecule has 0 aliphatic carbocycles. The van der Waals surface area contributed by atoms with Gasteiger partial charge in [0.1, 0.15) is 18.2 Å². The summed E-state index contributed by atoms with van der Waals surface area (Å²) < 4.78 is 83.0. The molecular weight excluding hydrogens is 802 g/mol. The number of benzene rings is 4. The quantitative estimate of drug-likeness (QED) is 0.0731. The van der Waals surface area contributed by atoms with E-state index in [1.807, 2.05) is 26.0 Å². The monoisotopic (exact) mass is 844 g/mol. The summed E-state index contributed by atoms with van der Waals surface area (Å²) >= 11 is 0. The van der Waals surface area contributed by atoms with Crippen molar-refractivity contribution in [2.24, 2.45) is 0 Å². The van der Waals surface area contributed by atoms with Crippen LogP contribution in [0.25, 0.3) is 22.0 Å². The number of aryl methyl sites for hydroxylation is 2. The number of amides is 1. The predicted molar refractivity (Wildman–Crippen MR) is 207 cm³/mol. The van der Waals surface area contributed by atoms with E-state index in [4.69, 9.17) is 20.4 Å². The minimum Gasteiger partial charge on any atom is -0.479 e. The SMILES string of the molecule is CCN(CC)CCN(Cc1ccc(-c2ccc(C(F)(F)F)cc2)cc1)C(=O)Cn1c(CCc2cc(F)cc(F)c2F)nc(=O)c2ccccc21.O=C(O)C(O)C(O)C(=O)O. The number of aromatic nitrogens is 2. The minimum absolute atomic E-state index is 0.0714. The molecule has 0 bridgehead atoms. The molecule has 2 atom stereocenters. The molecule has 0 aliphatic heterocycles. The number of fused-ring (bicyclic) bond motifs is 1. The highest BCUT2D eigenvalue weighted by atomic mass is 19.4. The van der Waals surface area contributed by atoms with Crippen molar-refractivity contribution in [2.75, 3.05) is 26.2 Å². The first kappa shape index (κ1) is 46.6. The first-order chi connectivity index (χ1) is 28.3. The maximum absolute atomic E-state index is 14.5. The van der Waals surface area contributed by atoms with E-state index in [0.29, 0.717) is 35.8 Å². The lowest BCUT2D eigenvalue weighted by molar-refractivity contribution is -0.165. The number of carboxylic acids is 2. The van der Waals surface area contributed by atoms with Gasteiger partial charge in [0.15, 0.2) is 23.8 Å². The van der Waals surface area contributed by atoms with Gasteiger partial charge in [-0.25, -0.2) is 22.8 Å². The van der Waals surface area contributed by atoms with Crippen LogP contribution >= 0.6 is 0 Å². The number of hydrogen-bond donors (Lipinski definition) is 4. The van der Waals surface area contributed by atoms with Crippen LogP contribution in [0.4, 0.5) is 26.3 Å². The molecule has 5 aromatic rings. The van der Waals surface area contributed by atoms with Crippen LogP contribution in [0.2, 0.25) is 0 Å². The van der Waals surface area contributed by atoms with Crippen molar-refractivity contribution in [2.45, 2.75) is 58.2 Å². The number of likely N-dealkylation sites (N-methyl/N-ethyl adjacent to an activating group) is 1. The van der Waals surface area contributed by atoms with Crippen LogP contribution in [0.1, 0.15) is 36.4 Å². The van der Waals surface area contributed by atoms with E-state index in [-0.39, 0.29) is 48.6 Å². The van der Waals surface area contributed by atoms with Gasteiger partial charge >= 0.3 is 18.1 Å². The standard InChI is InChI=1S/C38H36F6N4O2.C4H6O6/c1-3-46(4-2)19-20-47(23-25-9-11-26(12-10-25)27-13-16-29(17-14-27)38(42,43)44)35(49)24-48-33-8-6-5-7-31(33)37(50)45-34(48)18-15-28-21-30(39)22-32(40)36(28)41;5-1(3(7)8)2(6)4(9)10/h5-14,16-17,21-22H,3-4,15,18-20,23-24H2,1-2H3;1-2,5-6H,(H,7,8)(H,9,10). The van der Waals surface area contributed by atoms with Gasteiger partial charge in [-0.15, -0.1) is 0 Å². The summed E-state index contributed by atoms with van der Waals surface area (Å²) in [5.41, 5.74) is 1.06. The van der Waals surface area contributed by atoms with E-state index >= 15 is 0 Å². The van der Waals surface area contributed by atoms with Gasteiger partial charge < -0.3 is 34.8 Å². The molecule has 18 heteroatoms. The number of aliphatic carboxylic acids is 2. The number of rotatable bonds is 16. The summed E-state index contributed by atoms with van der Waals surface area (Å²) in [6.45, 7) is 6.55. The zero-order valence-electron chi connectivity index (χ0n) is 32.4. The summed E-state index contributed by atoms with van der Waals surface area (Å²) in [5, 5.41) is 32.8. The van der Waals surface area contributed by atoms with E-state index in [1.165, 1.54) is 12.1 Å². The molecular formula is C42H42F6N4O8. The molecule has 0 fully saturated rings. The molecule has 12 nitrogen and oxygen atoms in total. The number of halogens is 6. The smallest absolute Gasteiger partial charge is 0.416 e. The number of alkyl halides is 3. The van der Waals surface area contributed by atoms with Gasteiger partial charge in [0, 0.05) is 32.1 Å². The number of aliphatic hydroxyl groups is 2. The Morgan fingerprint density at radius 1 is 0.783 bits per heavy atom. The first-order valence-corrected chi connectivity index (χ1v) is 18.5. The Morgan fingerprint density at radius 3 is 1.90 bits per heavy atom. The second-order valence-corrected chi connectivity index (χ2v) is 13.5. The normalized spacial score (nSPS) is 12.4. The molecule has 0 saturated heterocycles. The van der Waals surface area contributed by atoms with Crippen molar-refractivity contribution in [3.8, 4) is 11.1 Å². The number of carbonyl (C=O) groups excluding carboxylic acids is 1. The molecule has 320 valence electrons. The van der Waals surface area contributed by atoms with E-state index in [0.717, 1.165) is 36.9 Å². The average molecular weight is 845 g/mol. The van der Waals surface area contributed by atoms with Crippen LogP contribution in [-0.2, 0) is 46.5 Å². The van der Waals surface area contributed by atoms with Crippen LogP contribution in [-0.4, -0.2) is 96.0 Å². The number of hydrogen-bond acceptors (Lipinski definition) is 8. The van der Waals surface area contributed by atoms with E-state index in [1.54, 1.807) is 45.9 Å². The molecule has 5 rings (SSSR count). The number of aliphatic hydroxyl groups excluding tert-OH is 2. The van der Waals surface area contributed by atoms with Crippen LogP contribution in [0, 0.1) is 17.5 Å². The van der Waals surface area contributed by atoms with Gasteiger partial charge in [-0.3, -0.25) is 9.59 Å². The Kier molecular flexibility index (Phi) is 16.1. The first-order valence-electron chi connectivity index (χ1n) is 18.5. The van der Waals surface area contributed by atoms with Crippen LogP contribution in [0.5, 0.6) is 0 Å². The molecule has 4 N–H and O–H groups in total. The zero-order chi connectivity index (χ0) is 44.3. The Bertz CT molecular complexity index is 2320. The van der Waals surface area contributed by atoms with Gasteiger partial charge in [-0.1, -0.05) is 62.4 Å². The lowest BCUT2D eigenvalue weighted by Gasteiger charge is -2.28. The van der Waals surface area contributed by atoms with Gasteiger partial charge in [-0.05, 0) is 72.1 Å². The zero-order valence-corrected chi connectivity index (χ0v) is 32.4. The lowest BCUT2D eigenvalue weighted by atomic mass is 10.0. The predicted octanol–water partition coefficient (Wildman–Crippen LogP) is 5.53. The molecule has 0 radical (unpaired) electrons. The molecule has 60 heavy (non-hydrogen) atoms. The summed E-state index contributed by atoms with van der Waals surface area (Å²) in [5.74, 6) is -7.11. The highest BCUT2D eigenvalue weighted by molar-refractivity contribution is 5.83. The molecule has 2 unspecified atom stereocenters. The van der Waals surface area contributed by atoms with Gasteiger partial charge in [0.2, 0.25) is 5.91 Å². The summed E-state index contributed by atoms with van der Waals surface area (Å²) in [6.07, 6.45) is -9.20. The van der Waals surface area contributed by atoms with Crippen LogP contribution < -0.4 is 5.56 Å². The lowest BCUT2D eigenvalue weighted by Crippen LogP contribution is -2.40. The number of para-hydroxylation sites is 1. The third-order valence-electron chi connectivity index (χ3n) is 9.56. The van der Waals surface area contributed by atoms with Gasteiger partial charge in [0.25, 0.3) is 5.56 Å². The highest BCUT2D eigenvalue weighted by Crippen LogP contribution is 2.31. The molecule has 0 saturated carbocycles. The summed E-state index contributed by atoms with van der Waals surface area (Å²) in [6, 6.07) is 20.1. The fourth-order valence-electron chi connectivity index (χ4n) is 6.15. The largest absolute Gasteiger partial charge is 0.479 e. The van der Waals surface area contributed by atoms with Crippen molar-refractivity contribution in [3.63, 3.8) is 0 Å². The van der Waals surface area contributed by atoms with Crippen molar-refractivity contribution in [1.29, 1.82) is 0 Å². The van der Waals surface area contributed by atoms with E-state index in [9.17, 15) is 45.5 Å². The Balaban J connectivity index is 0.000000703. The molecule has 1 amide bonds. The molecule has 4 aromatic carbocycles. The number of nitrogens with zero attached hydrogens (tertiary/aromatic N) is 4. The van der Waals surface area contributed by atoms with Crippen molar-refractivity contribution in [3.05, 3.63) is 135 Å². The third kappa shape index (κ3) is 12.2. The topological polar surface area (TPSA) is 174 Å². The maximum atomic E-state index is 14.5. The highest BCUT2D eigenvalue weighted by Gasteiger charge is 2.30. The van der Waals surface area contributed by atoms with E-state index in [2.05, 4.69) is 9.88 Å². The van der Waals surface area contributed by atoms with Crippen molar-refractivity contribution < 1.29 is 61.2 Å². The van der Waals surface area contributed by atoms with E-state index < -0.39 is 58.9 Å². The molecule has 0 aliphatic rings. The van der Waals surface area contributed by atoms with Gasteiger partial charge in [0.05, 0.1) is 16.5 Å². The summed E-state index contributed by atoms with van der Waals surface area (Å²) in [4.78, 5) is 54.7. The summed E-state index contributed by atoms with van der Waals surface area (Å²) in [7, 11) is 0. The second kappa shape index (κ2) is 20.7. The van der Waals surface area contributed by atoms with Gasteiger partial charge in [-0.2, -0.15) is 18.2 Å². The van der Waals surface area contributed by atoms with Crippen LogP contribution in [0.3, 0.4) is 0 Å². The minimum atomic E-state index is -4.43. The Hall–Kier alpha value is -6.11.